The summed E-state index contributed by atoms with van der Waals surface area (Å²) in [6.07, 6.45) is -0.653. The largest absolute Gasteiger partial charge is 0.489 e. The lowest BCUT2D eigenvalue weighted by atomic mass is 10.3. The molecule has 0 spiro atoms. The zero-order valence-electron chi connectivity index (χ0n) is 7.03. The second-order valence-electron chi connectivity index (χ2n) is 2.56. The molecule has 1 radical (unpaired) electrons. The molecular weight excluding hydrogens is 190 g/mol. The summed E-state index contributed by atoms with van der Waals surface area (Å²) in [5, 5.41) is 9.59. The van der Waals surface area contributed by atoms with Gasteiger partial charge >= 0.3 is 0 Å². The Morgan fingerprint density at radius 1 is 1.69 bits per heavy atom. The molecule has 0 heterocycles. The molecule has 3 N–H and O–H groups in total. The zero-order valence-corrected chi connectivity index (χ0v) is 7.79. The van der Waals surface area contributed by atoms with E-state index in [9.17, 15) is 0 Å². The smallest absolute Gasteiger partial charge is 0.138 e. The van der Waals surface area contributed by atoms with Gasteiger partial charge in [-0.2, -0.15) is 0 Å². The molecule has 0 amide bonds. The second kappa shape index (κ2) is 5.07. The number of rotatable bonds is 4. The molecule has 0 aliphatic carbocycles. The number of benzene rings is 1. The first-order valence-electron chi connectivity index (χ1n) is 3.90. The van der Waals surface area contributed by atoms with E-state index in [1.54, 1.807) is 18.2 Å². The number of hydrogen-bond acceptors (Lipinski definition) is 3. The highest BCUT2D eigenvalue weighted by Crippen LogP contribution is 2.22. The first kappa shape index (κ1) is 10.3. The Balaban J connectivity index is 2.50. The van der Waals surface area contributed by atoms with Crippen LogP contribution in [0.4, 0.5) is 0 Å². The molecule has 0 saturated heterocycles. The Morgan fingerprint density at radius 2 is 2.46 bits per heavy atom. The van der Waals surface area contributed by atoms with Crippen LogP contribution in [-0.2, 0) is 0 Å². The van der Waals surface area contributed by atoms with Crippen LogP contribution in [0.15, 0.2) is 18.2 Å². The molecule has 0 bridgehead atoms. The Kier molecular flexibility index (Phi) is 4.02. The lowest BCUT2D eigenvalue weighted by molar-refractivity contribution is 0.114. The molecule has 4 heteroatoms. The number of ether oxygens (including phenoxy) is 1. The average Bonchev–Trinajstić information content (AvgIpc) is 2.16. The van der Waals surface area contributed by atoms with Crippen LogP contribution in [0, 0.1) is 6.07 Å². The minimum absolute atomic E-state index is 0.153. The van der Waals surface area contributed by atoms with Crippen LogP contribution in [0.1, 0.15) is 0 Å². The maximum atomic E-state index is 9.11. The predicted molar refractivity (Wildman–Crippen MR) is 50.8 cm³/mol. The highest BCUT2D eigenvalue weighted by atomic mass is 35.5. The molecule has 1 unspecified atom stereocenters. The van der Waals surface area contributed by atoms with Crippen molar-refractivity contribution in [3.63, 3.8) is 0 Å². The molecular formula is C9H11ClNO2. The van der Waals surface area contributed by atoms with Crippen molar-refractivity contribution in [2.24, 2.45) is 5.73 Å². The fourth-order valence-electron chi connectivity index (χ4n) is 0.767. The summed E-state index contributed by atoms with van der Waals surface area (Å²) in [5.41, 5.74) is 5.21. The molecule has 1 aromatic rings. The number of aliphatic hydroxyl groups is 1. The molecule has 0 saturated carbocycles. The summed E-state index contributed by atoms with van der Waals surface area (Å²) >= 11 is 5.78. The molecule has 1 rings (SSSR count). The predicted octanol–water partition coefficient (Wildman–Crippen LogP) is 0.839. The van der Waals surface area contributed by atoms with Gasteiger partial charge in [-0.1, -0.05) is 17.7 Å². The second-order valence-corrected chi connectivity index (χ2v) is 2.96. The van der Waals surface area contributed by atoms with Crippen molar-refractivity contribution >= 4 is 11.6 Å². The first-order valence-corrected chi connectivity index (χ1v) is 4.28. The van der Waals surface area contributed by atoms with Crippen molar-refractivity contribution < 1.29 is 9.84 Å². The van der Waals surface area contributed by atoms with Crippen LogP contribution in [0.2, 0.25) is 5.02 Å². The SMILES string of the molecule is NCC(O)COc1cc[c]cc1Cl. The van der Waals surface area contributed by atoms with Gasteiger partial charge in [-0.15, -0.1) is 0 Å². The summed E-state index contributed by atoms with van der Waals surface area (Å²) in [4.78, 5) is 0. The van der Waals surface area contributed by atoms with Crippen LogP contribution in [0.3, 0.4) is 0 Å². The quantitative estimate of drug-likeness (QED) is 0.758. The van der Waals surface area contributed by atoms with Gasteiger partial charge in [-0.3, -0.25) is 0 Å². The van der Waals surface area contributed by atoms with E-state index in [0.29, 0.717) is 10.8 Å². The Hall–Kier alpha value is -0.770. The van der Waals surface area contributed by atoms with E-state index in [0.717, 1.165) is 0 Å². The summed E-state index contributed by atoms with van der Waals surface area (Å²) in [5.74, 6) is 0.535. The Bertz CT molecular complexity index is 268. The van der Waals surface area contributed by atoms with Gasteiger partial charge in [0.1, 0.15) is 18.5 Å². The molecule has 0 aliphatic rings. The van der Waals surface area contributed by atoms with Crippen LogP contribution in [0.5, 0.6) is 5.75 Å². The van der Waals surface area contributed by atoms with Crippen molar-refractivity contribution in [1.82, 2.24) is 0 Å². The summed E-state index contributed by atoms with van der Waals surface area (Å²) in [6.45, 7) is 0.330. The van der Waals surface area contributed by atoms with Crippen LogP contribution in [-0.4, -0.2) is 24.4 Å². The number of aliphatic hydroxyl groups excluding tert-OH is 1. The monoisotopic (exact) mass is 200 g/mol. The van der Waals surface area contributed by atoms with Gasteiger partial charge in [0, 0.05) is 6.54 Å². The third-order valence-corrected chi connectivity index (χ3v) is 1.78. The lowest BCUT2D eigenvalue weighted by Crippen LogP contribution is -2.26. The fraction of sp³-hybridized carbons (Fsp3) is 0.333. The molecule has 13 heavy (non-hydrogen) atoms. The zero-order chi connectivity index (χ0) is 9.68. The van der Waals surface area contributed by atoms with Gasteiger partial charge in [0.25, 0.3) is 0 Å². The minimum atomic E-state index is -0.653. The first-order chi connectivity index (χ1) is 6.24. The number of halogens is 1. The van der Waals surface area contributed by atoms with Gasteiger partial charge in [0.15, 0.2) is 0 Å². The third kappa shape index (κ3) is 3.22. The van der Waals surface area contributed by atoms with Crippen LogP contribution < -0.4 is 10.5 Å². The molecule has 71 valence electrons. The van der Waals surface area contributed by atoms with E-state index < -0.39 is 6.10 Å². The van der Waals surface area contributed by atoms with Crippen molar-refractivity contribution in [2.45, 2.75) is 6.10 Å². The number of hydrogen-bond donors (Lipinski definition) is 2. The minimum Gasteiger partial charge on any atom is -0.489 e. The lowest BCUT2D eigenvalue weighted by Gasteiger charge is -2.10. The van der Waals surface area contributed by atoms with Crippen molar-refractivity contribution in [1.29, 1.82) is 0 Å². The maximum absolute atomic E-state index is 9.11. The van der Waals surface area contributed by atoms with E-state index in [1.165, 1.54) is 0 Å². The topological polar surface area (TPSA) is 55.5 Å². The van der Waals surface area contributed by atoms with Crippen LogP contribution >= 0.6 is 11.6 Å². The van der Waals surface area contributed by atoms with E-state index in [-0.39, 0.29) is 13.2 Å². The van der Waals surface area contributed by atoms with Crippen molar-refractivity contribution in [3.05, 3.63) is 29.3 Å². The molecule has 1 aromatic carbocycles. The standard InChI is InChI=1S/C9H11ClNO2/c10-8-3-1-2-4-9(8)13-6-7(12)5-11/h2-4,7,12H,5-6,11H2. The Labute approximate surface area is 82.1 Å². The molecule has 0 fully saturated rings. The highest BCUT2D eigenvalue weighted by Gasteiger charge is 2.04. The molecule has 0 aliphatic heterocycles. The van der Waals surface area contributed by atoms with E-state index in [1.807, 2.05) is 0 Å². The highest BCUT2D eigenvalue weighted by molar-refractivity contribution is 6.32. The van der Waals surface area contributed by atoms with E-state index >= 15 is 0 Å². The summed E-state index contributed by atoms with van der Waals surface area (Å²) in [7, 11) is 0. The summed E-state index contributed by atoms with van der Waals surface area (Å²) < 4.78 is 5.21. The van der Waals surface area contributed by atoms with Gasteiger partial charge in [0.2, 0.25) is 0 Å². The van der Waals surface area contributed by atoms with Gasteiger partial charge in [-0.25, -0.2) is 0 Å². The Morgan fingerprint density at radius 3 is 3.08 bits per heavy atom. The van der Waals surface area contributed by atoms with E-state index in [4.69, 9.17) is 27.2 Å². The fourth-order valence-corrected chi connectivity index (χ4v) is 0.947. The van der Waals surface area contributed by atoms with Crippen molar-refractivity contribution in [3.8, 4) is 5.75 Å². The number of nitrogens with two attached hydrogens (primary N) is 1. The average molecular weight is 201 g/mol. The van der Waals surface area contributed by atoms with E-state index in [2.05, 4.69) is 6.07 Å². The third-order valence-electron chi connectivity index (χ3n) is 1.48. The normalized spacial score (nSPS) is 12.5. The van der Waals surface area contributed by atoms with Crippen LogP contribution in [0.25, 0.3) is 0 Å². The molecule has 3 nitrogen and oxygen atoms in total. The maximum Gasteiger partial charge on any atom is 0.138 e. The van der Waals surface area contributed by atoms with Gasteiger partial charge in [-0.05, 0) is 18.2 Å². The van der Waals surface area contributed by atoms with Gasteiger partial charge in [0.05, 0.1) is 5.02 Å². The van der Waals surface area contributed by atoms with Crippen molar-refractivity contribution in [2.75, 3.05) is 13.2 Å². The molecule has 0 aromatic heterocycles. The molecule has 1 atom stereocenters. The summed E-state index contributed by atoms with van der Waals surface area (Å²) in [6, 6.07) is 7.78. The van der Waals surface area contributed by atoms with Gasteiger partial charge < -0.3 is 15.6 Å².